The highest BCUT2D eigenvalue weighted by Crippen LogP contribution is 2.37. The Kier molecular flexibility index (Phi) is 9.96. The number of aromatic carboxylic acids is 1. The van der Waals surface area contributed by atoms with Gasteiger partial charge in [0.05, 0.1) is 17.7 Å². The number of carboxylic acids is 1. The largest absolute Gasteiger partial charge is 0.494 e. The van der Waals surface area contributed by atoms with Crippen LogP contribution in [0.2, 0.25) is 0 Å². The number of hydrogen-bond acceptors (Lipinski definition) is 5. The van der Waals surface area contributed by atoms with Gasteiger partial charge in [0.25, 0.3) is 5.91 Å². The first-order valence-corrected chi connectivity index (χ1v) is 13.8. The van der Waals surface area contributed by atoms with E-state index in [1.165, 1.54) is 23.9 Å². The molecule has 0 heterocycles. The van der Waals surface area contributed by atoms with E-state index in [1.54, 1.807) is 24.3 Å². The summed E-state index contributed by atoms with van der Waals surface area (Å²) in [6.07, 6.45) is 2.05. The molecule has 0 saturated carbocycles. The van der Waals surface area contributed by atoms with E-state index in [4.69, 9.17) is 4.74 Å². The topological polar surface area (TPSA) is 105 Å². The number of rotatable bonds is 12. The lowest BCUT2D eigenvalue weighted by atomic mass is 10.1. The summed E-state index contributed by atoms with van der Waals surface area (Å²) in [5.41, 5.74) is 2.05. The molecule has 204 valence electrons. The summed E-state index contributed by atoms with van der Waals surface area (Å²) in [6.45, 7) is 2.77. The van der Waals surface area contributed by atoms with Gasteiger partial charge in [-0.05, 0) is 72.6 Å². The number of unbranched alkanes of at least 4 members (excludes halogenated alkanes) is 1. The molecule has 4 rings (SSSR count). The quantitative estimate of drug-likeness (QED) is 0.125. The molecule has 0 aliphatic rings. The maximum absolute atomic E-state index is 13.4. The highest BCUT2D eigenvalue weighted by Gasteiger charge is 2.22. The number of carbonyl (C=O) groups excluding carboxylic acids is 2. The minimum absolute atomic E-state index is 0.0671. The fourth-order valence-electron chi connectivity index (χ4n) is 3.90. The maximum Gasteiger partial charge on any atom is 0.336 e. The van der Waals surface area contributed by atoms with E-state index < -0.39 is 17.1 Å². The average molecular weight is 555 g/mol. The zero-order valence-electron chi connectivity index (χ0n) is 22.0. The molecule has 0 aliphatic heterocycles. The van der Waals surface area contributed by atoms with Crippen molar-refractivity contribution >= 4 is 40.9 Å². The number of benzene rings is 4. The van der Waals surface area contributed by atoms with Crippen molar-refractivity contribution in [3.05, 3.63) is 120 Å². The molecule has 7 nitrogen and oxygen atoms in total. The molecule has 1 unspecified atom stereocenters. The zero-order chi connectivity index (χ0) is 28.3. The number of amides is 2. The van der Waals surface area contributed by atoms with Crippen LogP contribution in [-0.2, 0) is 4.79 Å². The second kappa shape index (κ2) is 14.0. The Labute approximate surface area is 237 Å². The van der Waals surface area contributed by atoms with Gasteiger partial charge in [0, 0.05) is 16.3 Å². The van der Waals surface area contributed by atoms with E-state index in [0.29, 0.717) is 18.0 Å². The van der Waals surface area contributed by atoms with Crippen LogP contribution in [0.15, 0.2) is 108 Å². The van der Waals surface area contributed by atoms with Gasteiger partial charge in [-0.25, -0.2) is 4.79 Å². The van der Waals surface area contributed by atoms with Gasteiger partial charge in [-0.2, -0.15) is 0 Å². The van der Waals surface area contributed by atoms with Crippen LogP contribution in [0.1, 0.15) is 51.3 Å². The van der Waals surface area contributed by atoms with Crippen molar-refractivity contribution in [2.24, 2.45) is 0 Å². The summed E-state index contributed by atoms with van der Waals surface area (Å²) in [7, 11) is 0. The third kappa shape index (κ3) is 7.74. The van der Waals surface area contributed by atoms with E-state index >= 15 is 0 Å². The van der Waals surface area contributed by atoms with Crippen LogP contribution in [0.4, 0.5) is 11.4 Å². The van der Waals surface area contributed by atoms with Crippen LogP contribution in [0.25, 0.3) is 0 Å². The van der Waals surface area contributed by atoms with Gasteiger partial charge >= 0.3 is 5.97 Å². The third-order valence-corrected chi connectivity index (χ3v) is 7.26. The van der Waals surface area contributed by atoms with E-state index in [2.05, 4.69) is 17.6 Å². The fraction of sp³-hybridized carbons (Fsp3) is 0.156. The fourth-order valence-corrected chi connectivity index (χ4v) is 4.92. The Hall–Kier alpha value is -4.56. The number of carbonyl (C=O) groups is 3. The number of hydrogen-bond donors (Lipinski definition) is 3. The molecule has 0 radical (unpaired) electrons. The highest BCUT2D eigenvalue weighted by atomic mass is 32.2. The molecule has 3 N–H and O–H groups in total. The second-order valence-electron chi connectivity index (χ2n) is 8.95. The second-order valence-corrected chi connectivity index (χ2v) is 10.1. The van der Waals surface area contributed by atoms with Gasteiger partial charge in [-0.15, -0.1) is 11.8 Å². The molecule has 0 bridgehead atoms. The summed E-state index contributed by atoms with van der Waals surface area (Å²) < 4.78 is 5.71. The van der Waals surface area contributed by atoms with Gasteiger partial charge in [-0.3, -0.25) is 9.59 Å². The van der Waals surface area contributed by atoms with Gasteiger partial charge in [0.2, 0.25) is 5.91 Å². The van der Waals surface area contributed by atoms with Crippen LogP contribution in [0, 0.1) is 0 Å². The van der Waals surface area contributed by atoms with E-state index in [9.17, 15) is 19.5 Å². The van der Waals surface area contributed by atoms with E-state index in [1.807, 2.05) is 66.7 Å². The SMILES string of the molecule is CCCCOc1ccc(NC(=O)C(Sc2ccc(NC(=O)c3ccccc3C(=O)O)cc2)c2ccccc2)cc1. The van der Waals surface area contributed by atoms with Crippen molar-refractivity contribution in [2.45, 2.75) is 29.9 Å². The van der Waals surface area contributed by atoms with Crippen molar-refractivity contribution in [1.82, 2.24) is 0 Å². The lowest BCUT2D eigenvalue weighted by Crippen LogP contribution is -2.19. The van der Waals surface area contributed by atoms with Crippen LogP contribution >= 0.6 is 11.8 Å². The molecule has 0 aliphatic carbocycles. The van der Waals surface area contributed by atoms with E-state index in [-0.39, 0.29) is 17.0 Å². The molecule has 0 aromatic heterocycles. The molecule has 0 saturated heterocycles. The van der Waals surface area contributed by atoms with Crippen LogP contribution in [0.5, 0.6) is 5.75 Å². The summed E-state index contributed by atoms with van der Waals surface area (Å²) in [5, 5.41) is 14.6. The van der Waals surface area contributed by atoms with Crippen molar-refractivity contribution < 1.29 is 24.2 Å². The van der Waals surface area contributed by atoms with Gasteiger partial charge in [0.1, 0.15) is 11.0 Å². The lowest BCUT2D eigenvalue weighted by Gasteiger charge is -2.18. The maximum atomic E-state index is 13.4. The summed E-state index contributed by atoms with van der Waals surface area (Å²) in [4.78, 5) is 38.4. The zero-order valence-corrected chi connectivity index (χ0v) is 22.8. The number of thioether (sulfide) groups is 1. The summed E-state index contributed by atoms with van der Waals surface area (Å²) in [5.74, 6) is -1.08. The average Bonchev–Trinajstić information content (AvgIpc) is 2.98. The molecule has 1 atom stereocenters. The van der Waals surface area contributed by atoms with Crippen LogP contribution in [0.3, 0.4) is 0 Å². The number of ether oxygens (including phenoxy) is 1. The smallest absolute Gasteiger partial charge is 0.336 e. The molecular weight excluding hydrogens is 524 g/mol. The van der Waals surface area contributed by atoms with E-state index in [0.717, 1.165) is 29.1 Å². The number of nitrogens with one attached hydrogen (secondary N) is 2. The first kappa shape index (κ1) is 28.4. The molecular formula is C32H30N2O5S. The lowest BCUT2D eigenvalue weighted by molar-refractivity contribution is -0.115. The minimum Gasteiger partial charge on any atom is -0.494 e. The molecule has 8 heteroatoms. The van der Waals surface area contributed by atoms with Crippen molar-refractivity contribution in [3.8, 4) is 5.75 Å². The first-order valence-electron chi connectivity index (χ1n) is 12.9. The van der Waals surface area contributed by atoms with Gasteiger partial charge < -0.3 is 20.5 Å². The number of carboxylic acid groups (broad SMARTS) is 1. The molecule has 0 spiro atoms. The molecule has 2 amide bonds. The standard InChI is InChI=1S/C32H30N2O5S/c1-2-3-21-39-25-17-13-23(14-18-25)34-31(36)29(22-9-5-4-6-10-22)40-26-19-15-24(16-20-26)33-30(35)27-11-7-8-12-28(27)32(37)38/h4-20,29H,2-3,21H2,1H3,(H,33,35)(H,34,36)(H,37,38). The monoisotopic (exact) mass is 554 g/mol. The Morgan fingerprint density at radius 3 is 2.02 bits per heavy atom. The van der Waals surface area contributed by atoms with Gasteiger partial charge in [0.15, 0.2) is 0 Å². The Morgan fingerprint density at radius 2 is 1.38 bits per heavy atom. The molecule has 40 heavy (non-hydrogen) atoms. The van der Waals surface area contributed by atoms with Gasteiger partial charge in [-0.1, -0.05) is 55.8 Å². The van der Waals surface area contributed by atoms with Crippen molar-refractivity contribution in [1.29, 1.82) is 0 Å². The molecule has 4 aromatic rings. The third-order valence-electron chi connectivity index (χ3n) is 6.00. The normalized spacial score (nSPS) is 11.3. The van der Waals surface area contributed by atoms with Crippen LogP contribution in [-0.4, -0.2) is 29.5 Å². The summed E-state index contributed by atoms with van der Waals surface area (Å²) >= 11 is 1.39. The summed E-state index contributed by atoms with van der Waals surface area (Å²) in [6, 6.07) is 30.0. The Morgan fingerprint density at radius 1 is 0.775 bits per heavy atom. The van der Waals surface area contributed by atoms with Crippen LogP contribution < -0.4 is 15.4 Å². The molecule has 4 aromatic carbocycles. The highest BCUT2D eigenvalue weighted by molar-refractivity contribution is 8.00. The predicted molar refractivity (Wildman–Crippen MR) is 158 cm³/mol. The Bertz CT molecular complexity index is 1440. The Balaban J connectivity index is 1.45. The predicted octanol–water partition coefficient (Wildman–Crippen LogP) is 7.29. The molecule has 0 fully saturated rings. The first-order chi connectivity index (χ1) is 19.4. The van der Waals surface area contributed by atoms with Crippen molar-refractivity contribution in [3.63, 3.8) is 0 Å². The minimum atomic E-state index is -1.17. The van der Waals surface area contributed by atoms with Crippen molar-refractivity contribution in [2.75, 3.05) is 17.2 Å². The number of anilines is 2.